The molecule has 0 aromatic heterocycles. The lowest BCUT2D eigenvalue weighted by molar-refractivity contribution is -0.384. The second-order valence-electron chi connectivity index (χ2n) is 10.2. The molecule has 232 valence electrons. The summed E-state index contributed by atoms with van der Waals surface area (Å²) in [5.74, 6) is -0.222. The first-order valence-corrected chi connectivity index (χ1v) is 17.2. The fourth-order valence-corrected chi connectivity index (χ4v) is 7.32. The minimum absolute atomic E-state index is 0.0829. The maximum Gasteiger partial charge on any atom is 0.269 e. The predicted octanol–water partition coefficient (Wildman–Crippen LogP) is 6.29. The highest BCUT2D eigenvalue weighted by atomic mass is 79.9. The fourth-order valence-electron chi connectivity index (χ4n) is 4.62. The van der Waals surface area contributed by atoms with E-state index in [0.29, 0.717) is 12.0 Å². The van der Waals surface area contributed by atoms with Crippen LogP contribution in [0.3, 0.4) is 0 Å². The minimum atomic E-state index is -1.13. The number of amides is 1. The van der Waals surface area contributed by atoms with Crippen molar-refractivity contribution in [3.8, 4) is 0 Å². The van der Waals surface area contributed by atoms with Crippen LogP contribution in [-0.2, 0) is 4.79 Å². The molecule has 7 nitrogen and oxygen atoms in total. The summed E-state index contributed by atoms with van der Waals surface area (Å²) in [6.07, 6.45) is 4.28. The Labute approximate surface area is 269 Å². The van der Waals surface area contributed by atoms with E-state index in [-0.39, 0.29) is 11.6 Å². The third-order valence-corrected chi connectivity index (χ3v) is 9.95. The molecule has 1 amide bonds. The molecule has 0 bridgehead atoms. The van der Waals surface area contributed by atoms with Crippen LogP contribution in [0.5, 0.6) is 0 Å². The van der Waals surface area contributed by atoms with Crippen LogP contribution in [0.15, 0.2) is 115 Å². The molecular formula is C35H40BrN2O5P. The number of rotatable bonds is 15. The van der Waals surface area contributed by atoms with Gasteiger partial charge < -0.3 is 15.5 Å². The third-order valence-electron chi connectivity index (χ3n) is 6.95. The molecule has 0 aliphatic heterocycles. The number of nitrogens with one attached hydrogen (secondary N) is 1. The van der Waals surface area contributed by atoms with Crippen molar-refractivity contribution in [1.82, 2.24) is 5.32 Å². The molecule has 0 unspecified atom stereocenters. The van der Waals surface area contributed by atoms with E-state index in [2.05, 4.69) is 112 Å². The molecule has 9 heteroatoms. The Bertz CT molecular complexity index is 1290. The summed E-state index contributed by atoms with van der Waals surface area (Å²) in [5, 5.41) is 38.2. The zero-order valence-electron chi connectivity index (χ0n) is 24.7. The number of nitro groups is 1. The summed E-state index contributed by atoms with van der Waals surface area (Å²) < 4.78 is 0. The first-order chi connectivity index (χ1) is 21.4. The van der Waals surface area contributed by atoms with Crippen LogP contribution in [0.1, 0.15) is 50.2 Å². The van der Waals surface area contributed by atoms with Crippen LogP contribution in [0.2, 0.25) is 0 Å². The van der Waals surface area contributed by atoms with Gasteiger partial charge in [0.05, 0.1) is 17.6 Å². The van der Waals surface area contributed by atoms with Gasteiger partial charge in [-0.1, -0.05) is 126 Å². The largest absolute Gasteiger partial charge is 0.394 e. The minimum Gasteiger partial charge on any atom is -0.394 e. The number of carbonyl (C=O) groups excluding carboxylic acids is 1. The van der Waals surface area contributed by atoms with Crippen molar-refractivity contribution in [2.24, 2.45) is 0 Å². The highest BCUT2D eigenvalue weighted by molar-refractivity contribution is 9.09. The summed E-state index contributed by atoms with van der Waals surface area (Å²) >= 11 is 3.38. The van der Waals surface area contributed by atoms with Gasteiger partial charge in [-0.25, -0.2) is 0 Å². The maximum absolute atomic E-state index is 12.0. The van der Waals surface area contributed by atoms with Crippen molar-refractivity contribution < 1.29 is 19.9 Å². The quantitative estimate of drug-likeness (QED) is 0.0450. The van der Waals surface area contributed by atoms with Gasteiger partial charge in [-0.3, -0.25) is 14.9 Å². The summed E-state index contributed by atoms with van der Waals surface area (Å²) in [7, 11) is -0.446. The average molecular weight is 680 g/mol. The van der Waals surface area contributed by atoms with Gasteiger partial charge in [0, 0.05) is 23.9 Å². The number of benzene rings is 4. The van der Waals surface area contributed by atoms with Crippen LogP contribution in [-0.4, -0.2) is 39.0 Å². The lowest BCUT2D eigenvalue weighted by atomic mass is 10.0. The molecule has 2 atom stereocenters. The fraction of sp³-hybridized carbons (Fsp3) is 0.286. The molecule has 0 heterocycles. The molecule has 0 aliphatic rings. The number of aliphatic hydroxyl groups excluding tert-OH is 2. The van der Waals surface area contributed by atoms with Gasteiger partial charge in [0.2, 0.25) is 5.91 Å². The lowest BCUT2D eigenvalue weighted by Gasteiger charge is -2.22. The molecular weight excluding hydrogens is 639 g/mol. The van der Waals surface area contributed by atoms with Crippen molar-refractivity contribution in [3.05, 3.63) is 131 Å². The number of hydrogen-bond donors (Lipinski definition) is 3. The summed E-state index contributed by atoms with van der Waals surface area (Å²) in [5.41, 5.74) is 0.320. The van der Waals surface area contributed by atoms with Crippen LogP contribution in [0, 0.1) is 10.1 Å². The Morgan fingerprint density at radius 2 is 1.20 bits per heavy atom. The van der Waals surface area contributed by atoms with E-state index in [9.17, 15) is 25.1 Å². The van der Waals surface area contributed by atoms with Crippen LogP contribution in [0.25, 0.3) is 0 Å². The zero-order valence-corrected chi connectivity index (χ0v) is 27.2. The summed E-state index contributed by atoms with van der Waals surface area (Å²) in [6.45, 7) is -0.421. The lowest BCUT2D eigenvalue weighted by Crippen LogP contribution is -2.41. The molecule has 0 aliphatic carbocycles. The van der Waals surface area contributed by atoms with Crippen LogP contribution in [0.4, 0.5) is 5.69 Å². The second-order valence-corrected chi connectivity index (χ2v) is 13.2. The molecule has 3 N–H and O–H groups in total. The molecule has 4 aromatic rings. The number of alkyl halides is 1. The Hall–Kier alpha value is -3.42. The topological polar surface area (TPSA) is 113 Å². The number of unbranched alkanes of at least 4 members (excludes halogenated alkanes) is 4. The standard InChI is InChI=1S/C18H15P.C17H25BrN2O5/c1-4-10-16(11-5-1)19(17-12-6-2-7-13-17)18-14-8-3-9-15-18;18-11-5-3-1-2-4-6-16(22)19-15(12-21)17(23)13-7-9-14(10-8-13)20(24)25/h1-15H;7-10,15,17,21,23H,1-6,11-12H2,(H,19,22)/t;15-,17-/m.1/s1. The van der Waals surface area contributed by atoms with Crippen molar-refractivity contribution >= 4 is 51.4 Å². The monoisotopic (exact) mass is 678 g/mol. The Morgan fingerprint density at radius 1 is 0.750 bits per heavy atom. The number of carbonyl (C=O) groups is 1. The van der Waals surface area contributed by atoms with Crippen LogP contribution < -0.4 is 21.2 Å². The number of nitro benzene ring substituents is 1. The van der Waals surface area contributed by atoms with Gasteiger partial charge in [0.1, 0.15) is 6.10 Å². The van der Waals surface area contributed by atoms with Crippen LogP contribution >= 0.6 is 23.9 Å². The Balaban J connectivity index is 0.000000248. The highest BCUT2D eigenvalue weighted by Gasteiger charge is 2.22. The first-order valence-electron chi connectivity index (χ1n) is 14.8. The SMILES string of the molecule is O=C(CCCCCCCBr)N[C@H](CO)[C@H](O)c1ccc([N+](=O)[O-])cc1.c1ccc(P(c2ccccc2)c2ccccc2)cc1. The molecule has 0 radical (unpaired) electrons. The number of halogens is 1. The predicted molar refractivity (Wildman–Crippen MR) is 184 cm³/mol. The van der Waals surface area contributed by atoms with Crippen molar-refractivity contribution in [3.63, 3.8) is 0 Å². The zero-order chi connectivity index (χ0) is 31.6. The van der Waals surface area contributed by atoms with Gasteiger partial charge >= 0.3 is 0 Å². The Kier molecular flexibility index (Phi) is 15.8. The number of non-ortho nitro benzene ring substituents is 1. The van der Waals surface area contributed by atoms with E-state index in [1.165, 1.54) is 40.2 Å². The first kappa shape index (κ1) is 35.1. The maximum atomic E-state index is 12.0. The molecule has 0 saturated heterocycles. The molecule has 44 heavy (non-hydrogen) atoms. The van der Waals surface area contributed by atoms with E-state index in [4.69, 9.17) is 0 Å². The van der Waals surface area contributed by atoms with Gasteiger partial charge in [-0.05, 0) is 54.4 Å². The Morgan fingerprint density at radius 3 is 1.64 bits per heavy atom. The molecule has 4 rings (SSSR count). The van der Waals surface area contributed by atoms with E-state index < -0.39 is 31.6 Å². The van der Waals surface area contributed by atoms with Gasteiger partial charge in [-0.15, -0.1) is 0 Å². The van der Waals surface area contributed by atoms with Crippen molar-refractivity contribution in [2.45, 2.75) is 50.7 Å². The smallest absolute Gasteiger partial charge is 0.269 e. The van der Waals surface area contributed by atoms with E-state index in [1.54, 1.807) is 0 Å². The molecule has 0 spiro atoms. The summed E-state index contributed by atoms with van der Waals surface area (Å²) in [4.78, 5) is 22.1. The van der Waals surface area contributed by atoms with Gasteiger partial charge in [0.15, 0.2) is 0 Å². The molecule has 0 fully saturated rings. The number of hydrogen-bond acceptors (Lipinski definition) is 5. The normalized spacial score (nSPS) is 12.1. The van der Waals surface area contributed by atoms with Gasteiger partial charge in [-0.2, -0.15) is 0 Å². The number of aliphatic hydroxyl groups is 2. The van der Waals surface area contributed by atoms with Crippen molar-refractivity contribution in [2.75, 3.05) is 11.9 Å². The summed E-state index contributed by atoms with van der Waals surface area (Å²) in [6, 6.07) is 36.9. The van der Waals surface area contributed by atoms with E-state index in [1.807, 2.05) is 0 Å². The number of nitrogens with zero attached hydrogens (tertiary/aromatic N) is 1. The highest BCUT2D eigenvalue weighted by Crippen LogP contribution is 2.32. The molecule has 0 saturated carbocycles. The van der Waals surface area contributed by atoms with E-state index >= 15 is 0 Å². The van der Waals surface area contributed by atoms with E-state index in [0.717, 1.165) is 37.4 Å². The molecule has 4 aromatic carbocycles. The third kappa shape index (κ3) is 11.6. The average Bonchev–Trinajstić information content (AvgIpc) is 3.07. The second kappa shape index (κ2) is 19.8. The van der Waals surface area contributed by atoms with Crippen molar-refractivity contribution in [1.29, 1.82) is 0 Å². The van der Waals surface area contributed by atoms with Gasteiger partial charge in [0.25, 0.3) is 5.69 Å².